The summed E-state index contributed by atoms with van der Waals surface area (Å²) >= 11 is 0. The Morgan fingerprint density at radius 3 is 1.71 bits per heavy atom. The number of fused-ring (bicyclic) bond motifs is 10. The fraction of sp³-hybridized carbons (Fsp3) is 0.0196. The van der Waals surface area contributed by atoms with Crippen molar-refractivity contribution in [1.82, 2.24) is 0 Å². The van der Waals surface area contributed by atoms with Crippen LogP contribution in [0.5, 0.6) is 0 Å². The lowest BCUT2D eigenvalue weighted by molar-refractivity contribution is 1.29. The van der Waals surface area contributed by atoms with Gasteiger partial charge in [0.15, 0.2) is 0 Å². The Morgan fingerprint density at radius 1 is 0.404 bits per heavy atom. The monoisotopic (exact) mass is 661 g/mol. The summed E-state index contributed by atoms with van der Waals surface area (Å²) in [7, 11) is 0. The highest BCUT2D eigenvalue weighted by Gasteiger charge is 2.17. The summed E-state index contributed by atoms with van der Waals surface area (Å²) < 4.78 is 0. The number of hydrogen-bond donors (Lipinski definition) is 1. The molecule has 0 aromatic heterocycles. The first-order valence-corrected chi connectivity index (χ1v) is 18.0. The normalized spacial score (nSPS) is 11.9. The third-order valence-corrected chi connectivity index (χ3v) is 10.8. The molecule has 10 aromatic carbocycles. The van der Waals surface area contributed by atoms with Crippen molar-refractivity contribution in [2.24, 2.45) is 0 Å². The van der Waals surface area contributed by atoms with Crippen molar-refractivity contribution in [1.29, 1.82) is 0 Å². The minimum atomic E-state index is 0.786. The maximum atomic E-state index is 6.52. The number of rotatable bonds is 5. The molecule has 10 aromatic rings. The van der Waals surface area contributed by atoms with Crippen molar-refractivity contribution in [3.63, 3.8) is 0 Å². The van der Waals surface area contributed by atoms with Crippen molar-refractivity contribution >= 4 is 76.4 Å². The number of nitrogens with two attached hydrogens (primary N) is 1. The van der Waals surface area contributed by atoms with Crippen LogP contribution in [-0.4, -0.2) is 0 Å². The molecule has 0 heterocycles. The summed E-state index contributed by atoms with van der Waals surface area (Å²) in [5.41, 5.74) is 14.5. The standard InChI is InChI=1S/C51H35N/c52-49-24-11-10-16-37(49)36-27-26-34-28-30-46-50(35-14-2-1-3-15-35)44-22-9-8-21-42(44)45(51(46)47(34)32-36)23-12-13-33-25-29-43-40-19-5-4-17-38(40)39-18-6-7-20-41(39)48(43)31-33/h1-12,14-32H,13,52H2/b23-12+. The largest absolute Gasteiger partial charge is 0.398 e. The summed E-state index contributed by atoms with van der Waals surface area (Å²) in [6.45, 7) is 0. The van der Waals surface area contributed by atoms with Crippen molar-refractivity contribution < 1.29 is 0 Å². The lowest BCUT2D eigenvalue weighted by Gasteiger charge is -2.18. The van der Waals surface area contributed by atoms with Crippen LogP contribution < -0.4 is 5.73 Å². The van der Waals surface area contributed by atoms with Gasteiger partial charge < -0.3 is 5.73 Å². The number of benzene rings is 10. The van der Waals surface area contributed by atoms with Gasteiger partial charge in [0.1, 0.15) is 0 Å². The van der Waals surface area contributed by atoms with E-state index in [0.717, 1.165) is 23.2 Å². The van der Waals surface area contributed by atoms with Crippen LogP contribution in [0.2, 0.25) is 0 Å². The van der Waals surface area contributed by atoms with Crippen LogP contribution in [0.4, 0.5) is 5.69 Å². The molecule has 10 rings (SSSR count). The Morgan fingerprint density at radius 2 is 0.981 bits per heavy atom. The number of nitrogen functional groups attached to an aromatic ring is 1. The van der Waals surface area contributed by atoms with Gasteiger partial charge >= 0.3 is 0 Å². The van der Waals surface area contributed by atoms with E-state index in [2.05, 4.69) is 176 Å². The van der Waals surface area contributed by atoms with Gasteiger partial charge in [-0.25, -0.2) is 0 Å². The number of anilines is 1. The number of para-hydroxylation sites is 1. The zero-order valence-corrected chi connectivity index (χ0v) is 28.7. The molecule has 0 spiro atoms. The van der Waals surface area contributed by atoms with Crippen molar-refractivity contribution in [3.05, 3.63) is 193 Å². The number of hydrogen-bond acceptors (Lipinski definition) is 1. The Kier molecular flexibility index (Phi) is 7.11. The first kappa shape index (κ1) is 30.2. The molecule has 0 bridgehead atoms. The van der Waals surface area contributed by atoms with E-state index in [1.54, 1.807) is 0 Å². The van der Waals surface area contributed by atoms with Crippen molar-refractivity contribution in [2.75, 3.05) is 5.73 Å². The molecule has 0 saturated carbocycles. The molecule has 0 fully saturated rings. The predicted octanol–water partition coefficient (Wildman–Crippen LogP) is 13.8. The Labute approximate surface area is 302 Å². The molecule has 52 heavy (non-hydrogen) atoms. The lowest BCUT2D eigenvalue weighted by atomic mass is 9.85. The van der Waals surface area contributed by atoms with Gasteiger partial charge in [-0.1, -0.05) is 176 Å². The smallest absolute Gasteiger partial charge is 0.0393 e. The van der Waals surface area contributed by atoms with Gasteiger partial charge in [-0.15, -0.1) is 0 Å². The molecule has 0 unspecified atom stereocenters. The molecule has 0 saturated heterocycles. The van der Waals surface area contributed by atoms with Gasteiger partial charge in [-0.05, 0) is 111 Å². The fourth-order valence-electron chi connectivity index (χ4n) is 8.44. The maximum Gasteiger partial charge on any atom is 0.0393 e. The van der Waals surface area contributed by atoms with Gasteiger partial charge in [0.2, 0.25) is 0 Å². The van der Waals surface area contributed by atoms with E-state index >= 15 is 0 Å². The van der Waals surface area contributed by atoms with Gasteiger partial charge in [-0.2, -0.15) is 0 Å². The molecular formula is C51H35N. The van der Waals surface area contributed by atoms with Crippen LogP contribution in [-0.2, 0) is 6.42 Å². The molecule has 0 aliphatic heterocycles. The van der Waals surface area contributed by atoms with Gasteiger partial charge in [0.05, 0.1) is 0 Å². The molecule has 0 radical (unpaired) electrons. The van der Waals surface area contributed by atoms with E-state index in [9.17, 15) is 0 Å². The average molecular weight is 662 g/mol. The highest BCUT2D eigenvalue weighted by atomic mass is 14.6. The van der Waals surface area contributed by atoms with E-state index in [0.29, 0.717) is 0 Å². The second-order valence-corrected chi connectivity index (χ2v) is 13.8. The minimum absolute atomic E-state index is 0.786. The second kappa shape index (κ2) is 12.3. The van der Waals surface area contributed by atoms with E-state index in [-0.39, 0.29) is 0 Å². The second-order valence-electron chi connectivity index (χ2n) is 13.8. The van der Waals surface area contributed by atoms with Crippen LogP contribution in [0.15, 0.2) is 182 Å². The van der Waals surface area contributed by atoms with Crippen LogP contribution >= 0.6 is 0 Å². The Balaban J connectivity index is 1.19. The van der Waals surface area contributed by atoms with E-state index < -0.39 is 0 Å². The van der Waals surface area contributed by atoms with Crippen molar-refractivity contribution in [3.8, 4) is 22.3 Å². The molecule has 0 amide bonds. The van der Waals surface area contributed by atoms with E-state index in [1.165, 1.54) is 86.9 Å². The molecule has 0 aliphatic carbocycles. The van der Waals surface area contributed by atoms with Crippen LogP contribution in [0.3, 0.4) is 0 Å². The molecule has 0 aliphatic rings. The highest BCUT2D eigenvalue weighted by Crippen LogP contribution is 2.44. The van der Waals surface area contributed by atoms with Crippen LogP contribution in [0, 0.1) is 0 Å². The zero-order valence-electron chi connectivity index (χ0n) is 28.7. The van der Waals surface area contributed by atoms with Crippen LogP contribution in [0.1, 0.15) is 11.1 Å². The molecule has 1 heteroatoms. The number of allylic oxidation sites excluding steroid dienone is 1. The summed E-state index contributed by atoms with van der Waals surface area (Å²) in [5, 5.41) is 15.3. The Bertz CT molecular complexity index is 3010. The SMILES string of the molecule is Nc1ccccc1-c1ccc2ccc3c(-c4ccccc4)c4ccccc4c(/C=C/Cc4ccc5c6ccccc6c6ccccc6c5c4)c3c2c1. The predicted molar refractivity (Wildman–Crippen MR) is 226 cm³/mol. The molecular weight excluding hydrogens is 627 g/mol. The molecule has 1 nitrogen and oxygen atoms in total. The third kappa shape index (κ3) is 4.86. The molecule has 2 N–H and O–H groups in total. The zero-order chi connectivity index (χ0) is 34.6. The lowest BCUT2D eigenvalue weighted by Crippen LogP contribution is -1.93. The topological polar surface area (TPSA) is 26.0 Å². The molecule has 244 valence electrons. The summed E-state index contributed by atoms with van der Waals surface area (Å²) in [6, 6.07) is 63.8. The fourth-order valence-corrected chi connectivity index (χ4v) is 8.44. The first-order valence-electron chi connectivity index (χ1n) is 18.0. The van der Waals surface area contributed by atoms with E-state index in [1.807, 2.05) is 12.1 Å². The summed E-state index contributed by atoms with van der Waals surface area (Å²) in [6.07, 6.45) is 5.54. The Hall–Kier alpha value is -6.70. The highest BCUT2D eigenvalue weighted by molar-refractivity contribution is 6.26. The summed E-state index contributed by atoms with van der Waals surface area (Å²) in [4.78, 5) is 0. The third-order valence-electron chi connectivity index (χ3n) is 10.8. The van der Waals surface area contributed by atoms with Gasteiger partial charge in [-0.3, -0.25) is 0 Å². The maximum absolute atomic E-state index is 6.52. The van der Waals surface area contributed by atoms with Crippen molar-refractivity contribution in [2.45, 2.75) is 6.42 Å². The molecule has 0 atom stereocenters. The minimum Gasteiger partial charge on any atom is -0.398 e. The van der Waals surface area contributed by atoms with Crippen LogP contribution in [0.25, 0.3) is 93.0 Å². The average Bonchev–Trinajstić information content (AvgIpc) is 3.21. The quantitative estimate of drug-likeness (QED) is 0.111. The van der Waals surface area contributed by atoms with Gasteiger partial charge in [0, 0.05) is 11.3 Å². The van der Waals surface area contributed by atoms with Gasteiger partial charge in [0.25, 0.3) is 0 Å². The first-order chi connectivity index (χ1) is 25.7. The van der Waals surface area contributed by atoms with E-state index in [4.69, 9.17) is 5.73 Å². The summed E-state index contributed by atoms with van der Waals surface area (Å²) in [5.74, 6) is 0.